The van der Waals surface area contributed by atoms with Gasteiger partial charge in [0.15, 0.2) is 0 Å². The Hall–Kier alpha value is -1.57. The third kappa shape index (κ3) is 6.72. The first kappa shape index (κ1) is 25.1. The molecule has 0 bridgehead atoms. The van der Waals surface area contributed by atoms with Crippen molar-refractivity contribution in [1.82, 2.24) is 0 Å². The minimum absolute atomic E-state index is 0.0138. The Morgan fingerprint density at radius 1 is 1.09 bits per heavy atom. The molecule has 0 radical (unpaired) electrons. The number of carbonyl (C=O) groups excluding carboxylic acids is 1. The molecule has 0 aromatic heterocycles. The van der Waals surface area contributed by atoms with E-state index in [9.17, 15) is 10.1 Å². The molecule has 3 aromatic rings. The summed E-state index contributed by atoms with van der Waals surface area (Å²) in [5, 5.41) is 13.2. The minimum Gasteiger partial charge on any atom is -0.487 e. The number of benzene rings is 3. The molecular formula is C23H13Br2Cl2IN2O2. The number of rotatable bonds is 6. The van der Waals surface area contributed by atoms with E-state index in [0.717, 1.165) is 13.6 Å². The molecule has 162 valence electrons. The largest absolute Gasteiger partial charge is 0.487 e. The first-order valence-electron chi connectivity index (χ1n) is 9.01. The van der Waals surface area contributed by atoms with Gasteiger partial charge in [0.1, 0.15) is 24.0 Å². The number of amides is 1. The van der Waals surface area contributed by atoms with E-state index in [2.05, 4.69) is 59.8 Å². The van der Waals surface area contributed by atoms with Crippen LogP contribution >= 0.6 is 77.7 Å². The van der Waals surface area contributed by atoms with E-state index in [0.29, 0.717) is 38.1 Å². The molecule has 0 atom stereocenters. The zero-order valence-electron chi connectivity index (χ0n) is 16.1. The summed E-state index contributed by atoms with van der Waals surface area (Å²) >= 11 is 21.0. The van der Waals surface area contributed by atoms with Crippen molar-refractivity contribution in [1.29, 1.82) is 5.26 Å². The minimum atomic E-state index is -0.485. The zero-order chi connectivity index (χ0) is 23.3. The van der Waals surface area contributed by atoms with E-state index >= 15 is 0 Å². The molecule has 0 unspecified atom stereocenters. The van der Waals surface area contributed by atoms with Crippen LogP contribution in [0.3, 0.4) is 0 Å². The first-order valence-corrected chi connectivity index (χ1v) is 12.4. The zero-order valence-corrected chi connectivity index (χ0v) is 23.0. The number of hydrogen-bond donors (Lipinski definition) is 1. The molecule has 0 aliphatic heterocycles. The van der Waals surface area contributed by atoms with Crippen molar-refractivity contribution in [3.05, 3.63) is 93.9 Å². The van der Waals surface area contributed by atoms with Crippen LogP contribution < -0.4 is 10.1 Å². The SMILES string of the molecule is N#C/C(=C/c1cc(Br)c(OCc2ccc(Cl)c(Cl)c2)c(I)c1)C(=O)Nc1ccc(Br)cc1. The molecule has 1 N–H and O–H groups in total. The van der Waals surface area contributed by atoms with Crippen LogP contribution in [0.5, 0.6) is 5.75 Å². The number of nitriles is 1. The average Bonchev–Trinajstić information content (AvgIpc) is 2.75. The molecule has 0 aliphatic rings. The van der Waals surface area contributed by atoms with Crippen molar-refractivity contribution in [3.63, 3.8) is 0 Å². The maximum absolute atomic E-state index is 12.5. The van der Waals surface area contributed by atoms with Crippen LogP contribution in [-0.2, 0) is 11.4 Å². The van der Waals surface area contributed by atoms with Gasteiger partial charge in [-0.2, -0.15) is 5.26 Å². The van der Waals surface area contributed by atoms with E-state index in [1.165, 1.54) is 6.08 Å². The second-order valence-corrected chi connectivity index (χ2v) is 10.2. The van der Waals surface area contributed by atoms with Crippen molar-refractivity contribution in [2.45, 2.75) is 6.61 Å². The Morgan fingerprint density at radius 3 is 2.44 bits per heavy atom. The Bertz CT molecular complexity index is 1220. The van der Waals surface area contributed by atoms with Gasteiger partial charge in [0, 0.05) is 10.2 Å². The van der Waals surface area contributed by atoms with E-state index in [-0.39, 0.29) is 5.57 Å². The molecule has 1 amide bonds. The molecule has 3 rings (SSSR count). The van der Waals surface area contributed by atoms with E-state index < -0.39 is 5.91 Å². The lowest BCUT2D eigenvalue weighted by Gasteiger charge is -2.12. The fraction of sp³-hybridized carbons (Fsp3) is 0.0435. The van der Waals surface area contributed by atoms with Gasteiger partial charge in [-0.1, -0.05) is 45.2 Å². The number of anilines is 1. The van der Waals surface area contributed by atoms with E-state index in [1.54, 1.807) is 30.3 Å². The quantitative estimate of drug-likeness (QED) is 0.160. The van der Waals surface area contributed by atoms with Crippen molar-refractivity contribution in [3.8, 4) is 11.8 Å². The highest BCUT2D eigenvalue weighted by Gasteiger charge is 2.13. The van der Waals surface area contributed by atoms with Gasteiger partial charge in [0.25, 0.3) is 5.91 Å². The van der Waals surface area contributed by atoms with Gasteiger partial charge in [-0.3, -0.25) is 4.79 Å². The Kier molecular flexibility index (Phi) is 9.03. The maximum Gasteiger partial charge on any atom is 0.266 e. The molecule has 0 aliphatic carbocycles. The monoisotopic (exact) mass is 704 g/mol. The average molecular weight is 707 g/mol. The van der Waals surface area contributed by atoms with Gasteiger partial charge in [-0.25, -0.2) is 0 Å². The van der Waals surface area contributed by atoms with Gasteiger partial charge >= 0.3 is 0 Å². The van der Waals surface area contributed by atoms with E-state index in [1.807, 2.05) is 30.3 Å². The second-order valence-electron chi connectivity index (χ2n) is 6.48. The Labute approximate surface area is 226 Å². The summed E-state index contributed by atoms with van der Waals surface area (Å²) in [7, 11) is 0. The summed E-state index contributed by atoms with van der Waals surface area (Å²) < 4.78 is 8.35. The van der Waals surface area contributed by atoms with Crippen LogP contribution in [0.4, 0.5) is 5.69 Å². The lowest BCUT2D eigenvalue weighted by atomic mass is 10.1. The highest BCUT2D eigenvalue weighted by Crippen LogP contribution is 2.34. The topological polar surface area (TPSA) is 62.1 Å². The summed E-state index contributed by atoms with van der Waals surface area (Å²) in [6.07, 6.45) is 1.53. The molecule has 9 heteroatoms. The number of halogens is 5. The Morgan fingerprint density at radius 2 is 1.81 bits per heavy atom. The number of nitrogens with zero attached hydrogens (tertiary/aromatic N) is 1. The first-order chi connectivity index (χ1) is 15.3. The third-order valence-electron chi connectivity index (χ3n) is 4.17. The molecule has 3 aromatic carbocycles. The van der Waals surface area contributed by atoms with Gasteiger partial charge < -0.3 is 10.1 Å². The summed E-state index contributed by atoms with van der Waals surface area (Å²) in [5.74, 6) is 0.160. The Balaban J connectivity index is 1.76. The number of carbonyl (C=O) groups is 1. The fourth-order valence-corrected chi connectivity index (χ4v) is 4.99. The van der Waals surface area contributed by atoms with Crippen molar-refractivity contribution < 1.29 is 9.53 Å². The van der Waals surface area contributed by atoms with Gasteiger partial charge in [-0.15, -0.1) is 0 Å². The highest BCUT2D eigenvalue weighted by atomic mass is 127. The molecule has 32 heavy (non-hydrogen) atoms. The maximum atomic E-state index is 12.5. The van der Waals surface area contributed by atoms with Crippen LogP contribution in [0.15, 0.2) is 69.1 Å². The van der Waals surface area contributed by atoms with Crippen LogP contribution in [0.1, 0.15) is 11.1 Å². The van der Waals surface area contributed by atoms with Gasteiger partial charge in [0.2, 0.25) is 0 Å². The molecule has 0 heterocycles. The highest BCUT2D eigenvalue weighted by molar-refractivity contribution is 14.1. The van der Waals surface area contributed by atoms with Crippen molar-refractivity contribution >= 4 is 95.3 Å². The fourth-order valence-electron chi connectivity index (χ4n) is 2.63. The van der Waals surface area contributed by atoms with Crippen LogP contribution in [0.25, 0.3) is 6.08 Å². The molecule has 0 spiro atoms. The second kappa shape index (κ2) is 11.5. The summed E-state index contributed by atoms with van der Waals surface area (Å²) in [4.78, 5) is 12.5. The van der Waals surface area contributed by atoms with E-state index in [4.69, 9.17) is 27.9 Å². The van der Waals surface area contributed by atoms with Crippen LogP contribution in [0.2, 0.25) is 10.0 Å². The normalized spacial score (nSPS) is 11.1. The van der Waals surface area contributed by atoms with Gasteiger partial charge in [-0.05, 0) is 104 Å². The van der Waals surface area contributed by atoms with Crippen LogP contribution in [0, 0.1) is 14.9 Å². The number of hydrogen-bond acceptors (Lipinski definition) is 3. The number of ether oxygens (including phenoxy) is 1. The molecule has 0 saturated carbocycles. The van der Waals surface area contributed by atoms with Crippen molar-refractivity contribution in [2.24, 2.45) is 0 Å². The van der Waals surface area contributed by atoms with Crippen LogP contribution in [-0.4, -0.2) is 5.91 Å². The molecular weight excluding hydrogens is 694 g/mol. The molecule has 4 nitrogen and oxygen atoms in total. The number of nitrogens with one attached hydrogen (secondary N) is 1. The summed E-state index contributed by atoms with van der Waals surface area (Å²) in [6, 6.07) is 18.0. The summed E-state index contributed by atoms with van der Waals surface area (Å²) in [6.45, 7) is 0.305. The standard InChI is InChI=1S/C23H13Br2Cl2IN2O2/c24-16-2-4-17(5-3-16)30-23(31)15(11-29)7-14-8-18(25)22(21(28)10-14)32-12-13-1-6-19(26)20(27)9-13/h1-10H,12H2,(H,30,31)/b15-7-. The molecule has 0 fully saturated rings. The van der Waals surface area contributed by atoms with Crippen molar-refractivity contribution in [2.75, 3.05) is 5.32 Å². The summed E-state index contributed by atoms with van der Waals surface area (Å²) in [5.41, 5.74) is 2.15. The smallest absolute Gasteiger partial charge is 0.266 e. The molecule has 0 saturated heterocycles. The lowest BCUT2D eigenvalue weighted by molar-refractivity contribution is -0.112. The predicted octanol–water partition coefficient (Wildman–Crippen LogP) is 8.25. The predicted molar refractivity (Wildman–Crippen MR) is 144 cm³/mol. The lowest BCUT2D eigenvalue weighted by Crippen LogP contribution is -2.13. The third-order valence-corrected chi connectivity index (χ3v) is 6.82. The van der Waals surface area contributed by atoms with Gasteiger partial charge in [0.05, 0.1) is 18.1 Å².